The van der Waals surface area contributed by atoms with Crippen LogP contribution in [0.2, 0.25) is 10.0 Å². The predicted octanol–water partition coefficient (Wildman–Crippen LogP) is 3.42. The zero-order valence-electron chi connectivity index (χ0n) is 12.1. The van der Waals surface area contributed by atoms with Crippen molar-refractivity contribution in [1.29, 1.82) is 0 Å². The van der Waals surface area contributed by atoms with Gasteiger partial charge in [-0.15, -0.1) is 0 Å². The SMILES string of the molecule is O=C1C[C@@H](NCc2ccc(Cl)c(Cl)c2)C(=O)N1c1ccccc1. The number of imide groups is 1. The van der Waals surface area contributed by atoms with Crippen molar-refractivity contribution < 1.29 is 9.59 Å². The summed E-state index contributed by atoms with van der Waals surface area (Å²) in [4.78, 5) is 25.8. The van der Waals surface area contributed by atoms with Gasteiger partial charge in [0.1, 0.15) is 0 Å². The molecule has 0 aliphatic carbocycles. The lowest BCUT2D eigenvalue weighted by Gasteiger charge is -2.15. The monoisotopic (exact) mass is 348 g/mol. The number of hydrogen-bond donors (Lipinski definition) is 1. The number of benzene rings is 2. The maximum Gasteiger partial charge on any atom is 0.251 e. The number of carbonyl (C=O) groups is 2. The Bertz CT molecular complexity index is 750. The van der Waals surface area contributed by atoms with Crippen LogP contribution in [0.4, 0.5) is 5.69 Å². The van der Waals surface area contributed by atoms with Crippen molar-refractivity contribution in [3.05, 3.63) is 64.1 Å². The number of hydrogen-bond acceptors (Lipinski definition) is 3. The largest absolute Gasteiger partial charge is 0.301 e. The first kappa shape index (κ1) is 16.0. The molecule has 1 fully saturated rings. The van der Waals surface area contributed by atoms with Crippen molar-refractivity contribution in [3.63, 3.8) is 0 Å². The van der Waals surface area contributed by atoms with Crippen molar-refractivity contribution in [2.24, 2.45) is 0 Å². The molecule has 23 heavy (non-hydrogen) atoms. The number of halogens is 2. The lowest BCUT2D eigenvalue weighted by atomic mass is 10.2. The number of nitrogens with zero attached hydrogens (tertiary/aromatic N) is 1. The molecule has 0 radical (unpaired) electrons. The molecule has 1 aliphatic rings. The van der Waals surface area contributed by atoms with E-state index in [0.29, 0.717) is 22.3 Å². The highest BCUT2D eigenvalue weighted by Gasteiger charge is 2.39. The highest BCUT2D eigenvalue weighted by molar-refractivity contribution is 6.42. The van der Waals surface area contributed by atoms with Crippen molar-refractivity contribution in [3.8, 4) is 0 Å². The highest BCUT2D eigenvalue weighted by atomic mass is 35.5. The highest BCUT2D eigenvalue weighted by Crippen LogP contribution is 2.24. The summed E-state index contributed by atoms with van der Waals surface area (Å²) in [6.07, 6.45) is 0.148. The third kappa shape index (κ3) is 3.39. The molecule has 2 aromatic rings. The van der Waals surface area contributed by atoms with E-state index in [2.05, 4.69) is 5.32 Å². The third-order valence-corrected chi connectivity index (χ3v) is 4.44. The molecule has 2 aromatic carbocycles. The van der Waals surface area contributed by atoms with E-state index in [1.165, 1.54) is 4.90 Å². The van der Waals surface area contributed by atoms with E-state index >= 15 is 0 Å². The van der Waals surface area contributed by atoms with Crippen LogP contribution in [0.3, 0.4) is 0 Å². The summed E-state index contributed by atoms with van der Waals surface area (Å²) in [5, 5.41) is 4.06. The van der Waals surface area contributed by atoms with Gasteiger partial charge in [0.15, 0.2) is 0 Å². The van der Waals surface area contributed by atoms with Gasteiger partial charge < -0.3 is 5.32 Å². The fraction of sp³-hybridized carbons (Fsp3) is 0.176. The smallest absolute Gasteiger partial charge is 0.251 e. The molecule has 1 heterocycles. The molecule has 0 aromatic heterocycles. The quantitative estimate of drug-likeness (QED) is 0.861. The fourth-order valence-electron chi connectivity index (χ4n) is 2.53. The molecule has 4 nitrogen and oxygen atoms in total. The van der Waals surface area contributed by atoms with E-state index in [1.54, 1.807) is 36.4 Å². The van der Waals surface area contributed by atoms with Crippen LogP contribution in [0.15, 0.2) is 48.5 Å². The summed E-state index contributed by atoms with van der Waals surface area (Å²) in [6.45, 7) is 0.434. The molecule has 0 bridgehead atoms. The van der Waals surface area contributed by atoms with E-state index in [0.717, 1.165) is 5.56 Å². The van der Waals surface area contributed by atoms with Gasteiger partial charge in [-0.1, -0.05) is 47.5 Å². The topological polar surface area (TPSA) is 49.4 Å². The Morgan fingerprint density at radius 1 is 1.04 bits per heavy atom. The Morgan fingerprint density at radius 2 is 1.78 bits per heavy atom. The summed E-state index contributed by atoms with van der Waals surface area (Å²) in [7, 11) is 0. The number of para-hydroxylation sites is 1. The van der Waals surface area contributed by atoms with Gasteiger partial charge in [0.25, 0.3) is 5.91 Å². The van der Waals surface area contributed by atoms with Gasteiger partial charge in [0, 0.05) is 6.54 Å². The standard InChI is InChI=1S/C17H14Cl2N2O2/c18-13-7-6-11(8-14(13)19)10-20-15-9-16(22)21(17(15)23)12-4-2-1-3-5-12/h1-8,15,20H,9-10H2/t15-/m1/s1. The third-order valence-electron chi connectivity index (χ3n) is 3.70. The molecule has 0 saturated carbocycles. The van der Waals surface area contributed by atoms with Crippen molar-refractivity contribution in [1.82, 2.24) is 5.32 Å². The van der Waals surface area contributed by atoms with Crippen LogP contribution in [-0.2, 0) is 16.1 Å². The van der Waals surface area contributed by atoms with E-state index in [4.69, 9.17) is 23.2 Å². The molecule has 1 saturated heterocycles. The minimum absolute atomic E-state index is 0.148. The minimum atomic E-state index is -0.530. The molecular formula is C17H14Cl2N2O2. The second kappa shape index (κ2) is 6.71. The molecule has 0 spiro atoms. The van der Waals surface area contributed by atoms with E-state index in [9.17, 15) is 9.59 Å². The zero-order valence-corrected chi connectivity index (χ0v) is 13.6. The summed E-state index contributed by atoms with van der Waals surface area (Å²) in [6, 6.07) is 13.7. The van der Waals surface area contributed by atoms with Crippen LogP contribution in [0.5, 0.6) is 0 Å². The first-order chi connectivity index (χ1) is 11.1. The van der Waals surface area contributed by atoms with Gasteiger partial charge in [-0.25, -0.2) is 4.90 Å². The lowest BCUT2D eigenvalue weighted by Crippen LogP contribution is -2.38. The van der Waals surface area contributed by atoms with Crippen molar-refractivity contribution in [2.45, 2.75) is 19.0 Å². The first-order valence-electron chi connectivity index (χ1n) is 7.15. The maximum atomic E-state index is 12.5. The van der Waals surface area contributed by atoms with Crippen molar-refractivity contribution in [2.75, 3.05) is 4.90 Å². The van der Waals surface area contributed by atoms with Crippen LogP contribution in [-0.4, -0.2) is 17.9 Å². The molecule has 1 aliphatic heterocycles. The molecule has 118 valence electrons. The molecule has 2 amide bonds. The number of nitrogens with one attached hydrogen (secondary N) is 1. The summed E-state index contributed by atoms with van der Waals surface area (Å²) < 4.78 is 0. The van der Waals surface area contributed by atoms with Crippen molar-refractivity contribution >= 4 is 40.7 Å². The van der Waals surface area contributed by atoms with Gasteiger partial charge in [0.05, 0.1) is 28.2 Å². The molecule has 1 atom stereocenters. The van der Waals surface area contributed by atoms with E-state index in [1.807, 2.05) is 12.1 Å². The van der Waals surface area contributed by atoms with Crippen LogP contribution in [0, 0.1) is 0 Å². The average molecular weight is 349 g/mol. The Hall–Kier alpha value is -1.88. The molecule has 1 N–H and O–H groups in total. The summed E-state index contributed by atoms with van der Waals surface area (Å²) in [5.41, 5.74) is 1.50. The lowest BCUT2D eigenvalue weighted by molar-refractivity contribution is -0.121. The molecule has 0 unspecified atom stereocenters. The maximum absolute atomic E-state index is 12.5. The number of carbonyl (C=O) groups excluding carboxylic acids is 2. The minimum Gasteiger partial charge on any atom is -0.301 e. The van der Waals surface area contributed by atoms with Crippen LogP contribution < -0.4 is 10.2 Å². The van der Waals surface area contributed by atoms with Gasteiger partial charge in [-0.2, -0.15) is 0 Å². The fourth-order valence-corrected chi connectivity index (χ4v) is 2.85. The molecule has 3 rings (SSSR count). The molecular weight excluding hydrogens is 335 g/mol. The van der Waals surface area contributed by atoms with Gasteiger partial charge in [-0.05, 0) is 29.8 Å². The zero-order chi connectivity index (χ0) is 16.4. The second-order valence-electron chi connectivity index (χ2n) is 5.29. The summed E-state index contributed by atoms with van der Waals surface area (Å²) >= 11 is 11.9. The van der Waals surface area contributed by atoms with Gasteiger partial charge in [0.2, 0.25) is 5.91 Å². The van der Waals surface area contributed by atoms with E-state index in [-0.39, 0.29) is 18.2 Å². The average Bonchev–Trinajstić information content (AvgIpc) is 2.83. The van der Waals surface area contributed by atoms with Gasteiger partial charge in [-0.3, -0.25) is 9.59 Å². The predicted molar refractivity (Wildman–Crippen MR) is 90.6 cm³/mol. The Labute approximate surface area is 144 Å². The normalized spacial score (nSPS) is 17.8. The summed E-state index contributed by atoms with van der Waals surface area (Å²) in [5.74, 6) is -0.436. The number of amides is 2. The number of anilines is 1. The second-order valence-corrected chi connectivity index (χ2v) is 6.10. The number of rotatable bonds is 4. The first-order valence-corrected chi connectivity index (χ1v) is 7.91. The Balaban J connectivity index is 1.69. The Morgan fingerprint density at radius 3 is 2.48 bits per heavy atom. The Kier molecular flexibility index (Phi) is 4.66. The van der Waals surface area contributed by atoms with Crippen LogP contribution in [0.25, 0.3) is 0 Å². The van der Waals surface area contributed by atoms with E-state index < -0.39 is 6.04 Å². The van der Waals surface area contributed by atoms with Gasteiger partial charge >= 0.3 is 0 Å². The van der Waals surface area contributed by atoms with Crippen LogP contribution in [0.1, 0.15) is 12.0 Å². The molecule has 6 heteroatoms. The van der Waals surface area contributed by atoms with Crippen LogP contribution >= 0.6 is 23.2 Å².